The van der Waals surface area contributed by atoms with Crippen LogP contribution in [0.4, 0.5) is 0 Å². The second kappa shape index (κ2) is 5.06. The lowest BCUT2D eigenvalue weighted by atomic mass is 10.1. The van der Waals surface area contributed by atoms with Crippen molar-refractivity contribution in [2.75, 3.05) is 13.2 Å². The topological polar surface area (TPSA) is 31.4 Å². The van der Waals surface area contributed by atoms with Crippen LogP contribution in [0.2, 0.25) is 0 Å². The van der Waals surface area contributed by atoms with E-state index in [9.17, 15) is 0 Å². The third-order valence-corrected chi connectivity index (χ3v) is 3.23. The first-order chi connectivity index (χ1) is 7.83. The summed E-state index contributed by atoms with van der Waals surface area (Å²) >= 11 is 1.65. The van der Waals surface area contributed by atoms with Crippen molar-refractivity contribution in [2.24, 2.45) is 0 Å². The molecule has 2 heterocycles. The quantitative estimate of drug-likeness (QED) is 0.808. The number of rotatable bonds is 1. The SMILES string of the molecule is Br.Cc1nc(-c2ccc3c(c2)OCCO3)cs1. The Bertz CT molecular complexity index is 527. The van der Waals surface area contributed by atoms with E-state index in [1.807, 2.05) is 25.1 Å². The monoisotopic (exact) mass is 313 g/mol. The molecule has 1 aliphatic heterocycles. The van der Waals surface area contributed by atoms with Gasteiger partial charge in [-0.15, -0.1) is 28.3 Å². The number of thiazole rings is 1. The molecular weight excluding hydrogens is 302 g/mol. The minimum absolute atomic E-state index is 0. The van der Waals surface area contributed by atoms with Crippen molar-refractivity contribution in [3.63, 3.8) is 0 Å². The third kappa shape index (κ3) is 2.45. The van der Waals surface area contributed by atoms with Crippen LogP contribution in [0.25, 0.3) is 11.3 Å². The van der Waals surface area contributed by atoms with Gasteiger partial charge in [0.15, 0.2) is 11.5 Å². The average molecular weight is 314 g/mol. The molecule has 1 aromatic heterocycles. The molecule has 3 nitrogen and oxygen atoms in total. The molecule has 2 aromatic rings. The molecule has 0 bridgehead atoms. The van der Waals surface area contributed by atoms with E-state index < -0.39 is 0 Å². The molecule has 90 valence electrons. The Labute approximate surface area is 114 Å². The molecule has 0 N–H and O–H groups in total. The van der Waals surface area contributed by atoms with Crippen LogP contribution >= 0.6 is 28.3 Å². The van der Waals surface area contributed by atoms with Gasteiger partial charge in [-0.2, -0.15) is 0 Å². The Hall–Kier alpha value is -1.07. The molecule has 0 aliphatic carbocycles. The van der Waals surface area contributed by atoms with Gasteiger partial charge in [-0.25, -0.2) is 4.98 Å². The van der Waals surface area contributed by atoms with Gasteiger partial charge in [0.2, 0.25) is 0 Å². The minimum Gasteiger partial charge on any atom is -0.486 e. The zero-order chi connectivity index (χ0) is 11.0. The average Bonchev–Trinajstić information content (AvgIpc) is 2.75. The summed E-state index contributed by atoms with van der Waals surface area (Å²) in [6.07, 6.45) is 0. The van der Waals surface area contributed by atoms with Gasteiger partial charge in [-0.1, -0.05) is 0 Å². The van der Waals surface area contributed by atoms with E-state index in [2.05, 4.69) is 10.4 Å². The molecule has 0 fully saturated rings. The van der Waals surface area contributed by atoms with Crippen LogP contribution in [0.1, 0.15) is 5.01 Å². The minimum atomic E-state index is 0. The van der Waals surface area contributed by atoms with E-state index in [4.69, 9.17) is 9.47 Å². The van der Waals surface area contributed by atoms with Crippen LogP contribution in [0.3, 0.4) is 0 Å². The number of aromatic nitrogens is 1. The molecule has 0 unspecified atom stereocenters. The summed E-state index contributed by atoms with van der Waals surface area (Å²) in [7, 11) is 0. The van der Waals surface area contributed by atoms with E-state index in [1.54, 1.807) is 11.3 Å². The van der Waals surface area contributed by atoms with Crippen molar-refractivity contribution < 1.29 is 9.47 Å². The Morgan fingerprint density at radius 3 is 2.65 bits per heavy atom. The third-order valence-electron chi connectivity index (χ3n) is 2.46. The fourth-order valence-corrected chi connectivity index (χ4v) is 2.32. The van der Waals surface area contributed by atoms with Crippen molar-refractivity contribution >= 4 is 28.3 Å². The second-order valence-corrected chi connectivity index (χ2v) is 4.67. The largest absolute Gasteiger partial charge is 0.486 e. The summed E-state index contributed by atoms with van der Waals surface area (Å²) in [6.45, 7) is 3.25. The zero-order valence-electron chi connectivity index (χ0n) is 9.30. The van der Waals surface area contributed by atoms with Crippen molar-refractivity contribution in [1.82, 2.24) is 4.98 Å². The van der Waals surface area contributed by atoms with Gasteiger partial charge in [0.25, 0.3) is 0 Å². The fourth-order valence-electron chi connectivity index (χ4n) is 1.70. The number of nitrogens with zero attached hydrogens (tertiary/aromatic N) is 1. The predicted molar refractivity (Wildman–Crippen MR) is 73.6 cm³/mol. The smallest absolute Gasteiger partial charge is 0.162 e. The van der Waals surface area contributed by atoms with Crippen LogP contribution in [0.5, 0.6) is 11.5 Å². The number of aryl methyl sites for hydroxylation is 1. The fraction of sp³-hybridized carbons (Fsp3) is 0.250. The molecule has 0 saturated heterocycles. The van der Waals surface area contributed by atoms with E-state index in [1.165, 1.54) is 0 Å². The van der Waals surface area contributed by atoms with Crippen molar-refractivity contribution in [2.45, 2.75) is 6.92 Å². The van der Waals surface area contributed by atoms with E-state index in [-0.39, 0.29) is 17.0 Å². The Morgan fingerprint density at radius 2 is 1.94 bits per heavy atom. The second-order valence-electron chi connectivity index (χ2n) is 3.61. The van der Waals surface area contributed by atoms with Gasteiger partial charge in [-0.05, 0) is 25.1 Å². The van der Waals surface area contributed by atoms with Crippen molar-refractivity contribution in [3.05, 3.63) is 28.6 Å². The first-order valence-electron chi connectivity index (χ1n) is 5.15. The normalized spacial score (nSPS) is 13.0. The van der Waals surface area contributed by atoms with Crippen LogP contribution in [0, 0.1) is 6.92 Å². The molecule has 0 spiro atoms. The molecule has 0 radical (unpaired) electrons. The summed E-state index contributed by atoms with van der Waals surface area (Å²) in [4.78, 5) is 4.45. The van der Waals surface area contributed by atoms with Crippen molar-refractivity contribution in [1.29, 1.82) is 0 Å². The first kappa shape index (κ1) is 12.4. The summed E-state index contributed by atoms with van der Waals surface area (Å²) in [5.74, 6) is 1.64. The molecular formula is C12H12BrNO2S. The van der Waals surface area contributed by atoms with Gasteiger partial charge in [0.05, 0.1) is 10.7 Å². The predicted octanol–water partition coefficient (Wildman–Crippen LogP) is 3.47. The van der Waals surface area contributed by atoms with Crippen LogP contribution in [-0.4, -0.2) is 18.2 Å². The number of fused-ring (bicyclic) bond motifs is 1. The van der Waals surface area contributed by atoms with Gasteiger partial charge >= 0.3 is 0 Å². The molecule has 0 atom stereocenters. The maximum absolute atomic E-state index is 5.54. The standard InChI is InChI=1S/C12H11NO2S.BrH/c1-8-13-10(7-16-8)9-2-3-11-12(6-9)15-5-4-14-11;/h2-3,6-7H,4-5H2,1H3;1H. The van der Waals surface area contributed by atoms with Crippen LogP contribution in [-0.2, 0) is 0 Å². The lowest BCUT2D eigenvalue weighted by Gasteiger charge is -2.18. The number of halogens is 1. The molecule has 0 saturated carbocycles. The van der Waals surface area contributed by atoms with E-state index in [0.717, 1.165) is 27.8 Å². The van der Waals surface area contributed by atoms with Gasteiger partial charge < -0.3 is 9.47 Å². The lowest BCUT2D eigenvalue weighted by Crippen LogP contribution is -2.15. The van der Waals surface area contributed by atoms with Crippen molar-refractivity contribution in [3.8, 4) is 22.8 Å². The van der Waals surface area contributed by atoms with E-state index >= 15 is 0 Å². The maximum atomic E-state index is 5.54. The summed E-state index contributed by atoms with van der Waals surface area (Å²) in [5.41, 5.74) is 2.08. The molecule has 1 aliphatic rings. The highest BCUT2D eigenvalue weighted by Gasteiger charge is 2.13. The number of hydrogen-bond donors (Lipinski definition) is 0. The highest BCUT2D eigenvalue weighted by Crippen LogP contribution is 2.34. The molecule has 3 rings (SSSR count). The highest BCUT2D eigenvalue weighted by atomic mass is 79.9. The highest BCUT2D eigenvalue weighted by molar-refractivity contribution is 8.93. The Balaban J connectivity index is 0.00000108. The number of ether oxygens (including phenoxy) is 2. The Kier molecular flexibility index (Phi) is 3.69. The molecule has 0 amide bonds. The van der Waals surface area contributed by atoms with Gasteiger partial charge in [0.1, 0.15) is 13.2 Å². The molecule has 1 aromatic carbocycles. The first-order valence-corrected chi connectivity index (χ1v) is 6.03. The summed E-state index contributed by atoms with van der Waals surface area (Å²) < 4.78 is 11.0. The lowest BCUT2D eigenvalue weighted by molar-refractivity contribution is 0.171. The van der Waals surface area contributed by atoms with Gasteiger partial charge in [-0.3, -0.25) is 0 Å². The maximum Gasteiger partial charge on any atom is 0.162 e. The summed E-state index contributed by atoms with van der Waals surface area (Å²) in [5, 5.41) is 3.13. The molecule has 17 heavy (non-hydrogen) atoms. The van der Waals surface area contributed by atoms with Crippen LogP contribution < -0.4 is 9.47 Å². The Morgan fingerprint density at radius 1 is 1.18 bits per heavy atom. The number of hydrogen-bond acceptors (Lipinski definition) is 4. The zero-order valence-corrected chi connectivity index (χ0v) is 11.8. The number of benzene rings is 1. The van der Waals surface area contributed by atoms with Crippen LogP contribution in [0.15, 0.2) is 23.6 Å². The van der Waals surface area contributed by atoms with E-state index in [0.29, 0.717) is 13.2 Å². The van der Waals surface area contributed by atoms with Gasteiger partial charge in [0, 0.05) is 10.9 Å². The summed E-state index contributed by atoms with van der Waals surface area (Å²) in [6, 6.07) is 5.95. The molecule has 5 heteroatoms.